The first-order chi connectivity index (χ1) is 22.7. The smallest absolute Gasteiger partial charge is 0.249 e. The van der Waals surface area contributed by atoms with E-state index in [-0.39, 0.29) is 24.7 Å². The topological polar surface area (TPSA) is 160 Å². The number of H-pyrrole nitrogens is 1. The first kappa shape index (κ1) is 30.5. The molecule has 3 aromatic heterocycles. The van der Waals surface area contributed by atoms with Crippen LogP contribution in [0.3, 0.4) is 0 Å². The minimum Gasteiger partial charge on any atom is -0.389 e. The van der Waals surface area contributed by atoms with Gasteiger partial charge in [0.1, 0.15) is 17.5 Å². The van der Waals surface area contributed by atoms with Crippen LogP contribution in [0.2, 0.25) is 0 Å². The molecule has 3 aliphatic rings. The van der Waals surface area contributed by atoms with Gasteiger partial charge in [0, 0.05) is 92.7 Å². The van der Waals surface area contributed by atoms with E-state index in [4.69, 9.17) is 0 Å². The van der Waals surface area contributed by atoms with Crippen LogP contribution in [-0.4, -0.2) is 98.6 Å². The lowest BCUT2D eigenvalue weighted by atomic mass is 9.87. The highest BCUT2D eigenvalue weighted by Gasteiger charge is 2.37. The molecule has 1 atom stereocenters. The number of hydrogen-bond donors (Lipinski definition) is 4. The molecule has 0 bridgehead atoms. The third-order valence-corrected chi connectivity index (χ3v) is 9.33. The Hall–Kier alpha value is -5.11. The van der Waals surface area contributed by atoms with Gasteiger partial charge in [-0.15, -0.1) is 0 Å². The molecule has 1 aromatic carbocycles. The summed E-state index contributed by atoms with van der Waals surface area (Å²) >= 11 is 0. The Labute approximate surface area is 270 Å². The Kier molecular flexibility index (Phi) is 8.18. The second-order valence-electron chi connectivity index (χ2n) is 12.5. The average Bonchev–Trinajstić information content (AvgIpc) is 3.55. The molecule has 3 amide bonds. The summed E-state index contributed by atoms with van der Waals surface area (Å²) in [5, 5.41) is 17.6. The summed E-state index contributed by atoms with van der Waals surface area (Å²) in [5.74, 6) is -0.667. The van der Waals surface area contributed by atoms with E-state index in [0.29, 0.717) is 75.9 Å². The molecule has 3 fully saturated rings. The summed E-state index contributed by atoms with van der Waals surface area (Å²) in [6, 6.07) is 8.10. The van der Waals surface area contributed by atoms with Crippen molar-refractivity contribution in [3.8, 4) is 11.1 Å². The van der Waals surface area contributed by atoms with Gasteiger partial charge in [-0.1, -0.05) is 0 Å². The van der Waals surface area contributed by atoms with Crippen LogP contribution in [-0.2, 0) is 14.4 Å². The van der Waals surface area contributed by atoms with Crippen LogP contribution in [0.15, 0.2) is 55.1 Å². The molecule has 4 N–H and O–H groups in total. The molecule has 1 unspecified atom stereocenters. The maximum Gasteiger partial charge on any atom is 0.249 e. The van der Waals surface area contributed by atoms with E-state index in [9.17, 15) is 19.5 Å². The summed E-state index contributed by atoms with van der Waals surface area (Å²) in [6.45, 7) is 2.98. The molecule has 4 aromatic rings. The molecule has 0 spiro atoms. The van der Waals surface area contributed by atoms with E-state index < -0.39 is 23.4 Å². The lowest BCUT2D eigenvalue weighted by Crippen LogP contribution is -2.52. The van der Waals surface area contributed by atoms with Gasteiger partial charge in [-0.25, -0.2) is 19.3 Å². The van der Waals surface area contributed by atoms with Gasteiger partial charge < -0.3 is 30.1 Å². The molecule has 244 valence electrons. The summed E-state index contributed by atoms with van der Waals surface area (Å²) in [5.41, 5.74) is 2.33. The van der Waals surface area contributed by atoms with Gasteiger partial charge in [0.15, 0.2) is 0 Å². The molecule has 47 heavy (non-hydrogen) atoms. The van der Waals surface area contributed by atoms with Gasteiger partial charge in [0.2, 0.25) is 23.7 Å². The zero-order valence-electron chi connectivity index (χ0n) is 25.8. The van der Waals surface area contributed by atoms with E-state index in [1.165, 1.54) is 6.07 Å². The normalized spacial score (nSPS) is 20.0. The van der Waals surface area contributed by atoms with Gasteiger partial charge in [0.25, 0.3) is 0 Å². The SMILES string of the molecule is O=C1CCC(Nc2ccc(N3CCC(O)(CC(=O)N4CCN(c5ncc(-c6cnc7[nH]ccc7c6)cn5)CC4)CC3)c(F)c2)C(=O)N1. The third-order valence-electron chi connectivity index (χ3n) is 9.33. The van der Waals surface area contributed by atoms with E-state index in [0.717, 1.165) is 22.2 Å². The molecule has 6 heterocycles. The predicted molar refractivity (Wildman–Crippen MR) is 173 cm³/mol. The van der Waals surface area contributed by atoms with Crippen LogP contribution < -0.4 is 20.4 Å². The Morgan fingerprint density at radius 1 is 0.957 bits per heavy atom. The monoisotopic (exact) mass is 641 g/mol. The van der Waals surface area contributed by atoms with Crippen LogP contribution >= 0.6 is 0 Å². The Balaban J connectivity index is 0.884. The Morgan fingerprint density at radius 3 is 2.43 bits per heavy atom. The molecular formula is C33H36FN9O4. The lowest BCUT2D eigenvalue weighted by Gasteiger charge is -2.41. The number of imide groups is 1. The number of anilines is 3. The molecule has 3 aliphatic heterocycles. The average molecular weight is 642 g/mol. The van der Waals surface area contributed by atoms with Crippen molar-refractivity contribution in [1.29, 1.82) is 0 Å². The summed E-state index contributed by atoms with van der Waals surface area (Å²) in [7, 11) is 0. The first-order valence-electron chi connectivity index (χ1n) is 15.9. The molecule has 14 heteroatoms. The van der Waals surface area contributed by atoms with Crippen molar-refractivity contribution in [2.75, 3.05) is 54.4 Å². The second kappa shape index (κ2) is 12.6. The Morgan fingerprint density at radius 2 is 1.70 bits per heavy atom. The fraction of sp³-hybridized carbons (Fsp3) is 0.394. The zero-order chi connectivity index (χ0) is 32.5. The molecular weight excluding hydrogens is 605 g/mol. The van der Waals surface area contributed by atoms with Gasteiger partial charge in [-0.3, -0.25) is 19.7 Å². The number of pyridine rings is 1. The van der Waals surface area contributed by atoms with Crippen LogP contribution in [0.25, 0.3) is 22.2 Å². The molecule has 0 radical (unpaired) electrons. The highest BCUT2D eigenvalue weighted by molar-refractivity contribution is 6.01. The quantitative estimate of drug-likeness (QED) is 0.221. The Bertz CT molecular complexity index is 1800. The number of amides is 3. The highest BCUT2D eigenvalue weighted by atomic mass is 19.1. The summed E-state index contributed by atoms with van der Waals surface area (Å²) < 4.78 is 15.1. The van der Waals surface area contributed by atoms with E-state index in [1.54, 1.807) is 35.6 Å². The fourth-order valence-electron chi connectivity index (χ4n) is 6.51. The molecule has 7 rings (SSSR count). The van der Waals surface area contributed by atoms with Crippen molar-refractivity contribution >= 4 is 46.1 Å². The largest absolute Gasteiger partial charge is 0.389 e. The number of piperazine rings is 1. The number of piperidine rings is 2. The van der Waals surface area contributed by atoms with Gasteiger partial charge in [-0.2, -0.15) is 0 Å². The number of fused-ring (bicyclic) bond motifs is 1. The number of aromatic nitrogens is 4. The number of nitrogens with zero attached hydrogens (tertiary/aromatic N) is 6. The molecule has 0 saturated carbocycles. The third kappa shape index (κ3) is 6.59. The number of nitrogens with one attached hydrogen (secondary N) is 3. The lowest BCUT2D eigenvalue weighted by molar-refractivity contribution is -0.138. The maximum atomic E-state index is 15.1. The van der Waals surface area contributed by atoms with Crippen molar-refractivity contribution in [2.45, 2.75) is 43.7 Å². The van der Waals surface area contributed by atoms with E-state index in [1.807, 2.05) is 23.2 Å². The standard InChI is InChI=1S/C33H36FN9O4/c34-25-16-24(39-26-2-4-28(44)40-31(26)46)1-3-27(25)41-9-6-33(47,7-10-41)17-29(45)42-11-13-43(14-12-42)32-37-19-23(20-38-32)22-15-21-5-8-35-30(21)36-18-22/h1,3,5,8,15-16,18-20,26,39,47H,2,4,6-7,9-14,17H2,(H,35,36)(H,40,44,46). The van der Waals surface area contributed by atoms with Crippen molar-refractivity contribution in [3.05, 3.63) is 60.9 Å². The number of rotatable bonds is 7. The van der Waals surface area contributed by atoms with E-state index >= 15 is 4.39 Å². The number of aromatic amines is 1. The number of carbonyl (C=O) groups excluding carboxylic acids is 3. The van der Waals surface area contributed by atoms with Crippen LogP contribution in [0.1, 0.15) is 32.1 Å². The number of hydrogen-bond acceptors (Lipinski definition) is 10. The fourth-order valence-corrected chi connectivity index (χ4v) is 6.51. The van der Waals surface area contributed by atoms with Gasteiger partial charge >= 0.3 is 0 Å². The van der Waals surface area contributed by atoms with Crippen molar-refractivity contribution < 1.29 is 23.9 Å². The number of halogens is 1. The molecule has 3 saturated heterocycles. The van der Waals surface area contributed by atoms with Crippen molar-refractivity contribution in [3.63, 3.8) is 0 Å². The summed E-state index contributed by atoms with van der Waals surface area (Å²) in [4.78, 5) is 59.0. The number of aliphatic hydroxyl groups is 1. The van der Waals surface area contributed by atoms with Crippen molar-refractivity contribution in [1.82, 2.24) is 30.2 Å². The molecule has 0 aliphatic carbocycles. The number of benzene rings is 1. The maximum absolute atomic E-state index is 15.1. The minimum atomic E-state index is -1.16. The van der Waals surface area contributed by atoms with Crippen molar-refractivity contribution in [2.24, 2.45) is 0 Å². The first-order valence-corrected chi connectivity index (χ1v) is 15.9. The van der Waals surface area contributed by atoms with Gasteiger partial charge in [0.05, 0.1) is 17.7 Å². The highest BCUT2D eigenvalue weighted by Crippen LogP contribution is 2.32. The van der Waals surface area contributed by atoms with E-state index in [2.05, 4.69) is 35.5 Å². The van der Waals surface area contributed by atoms with Crippen LogP contribution in [0.5, 0.6) is 0 Å². The number of carbonyl (C=O) groups is 3. The minimum absolute atomic E-state index is 0.0167. The second-order valence-corrected chi connectivity index (χ2v) is 12.5. The van der Waals surface area contributed by atoms with Gasteiger partial charge in [-0.05, 0) is 49.6 Å². The van der Waals surface area contributed by atoms with Crippen LogP contribution in [0, 0.1) is 5.82 Å². The zero-order valence-corrected chi connectivity index (χ0v) is 25.8. The summed E-state index contributed by atoms with van der Waals surface area (Å²) in [6.07, 6.45) is 8.49. The predicted octanol–water partition coefficient (Wildman–Crippen LogP) is 2.45. The van der Waals surface area contributed by atoms with Crippen LogP contribution in [0.4, 0.5) is 21.7 Å². The molecule has 13 nitrogen and oxygen atoms in total.